The Balaban J connectivity index is 1.74. The lowest BCUT2D eigenvalue weighted by Gasteiger charge is -2.19. The second kappa shape index (κ2) is 8.73. The molecule has 0 saturated heterocycles. The lowest BCUT2D eigenvalue weighted by molar-refractivity contribution is 0.0697. The van der Waals surface area contributed by atoms with Crippen LogP contribution >= 0.6 is 15.9 Å². The fraction of sp³-hybridized carbons (Fsp3) is 0.136. The van der Waals surface area contributed by atoms with Crippen molar-refractivity contribution in [3.8, 4) is 5.75 Å². The van der Waals surface area contributed by atoms with Gasteiger partial charge in [0, 0.05) is 10.5 Å². The highest BCUT2D eigenvalue weighted by Crippen LogP contribution is 2.32. The second-order valence-corrected chi connectivity index (χ2v) is 7.12. The van der Waals surface area contributed by atoms with E-state index in [-0.39, 0.29) is 11.6 Å². The van der Waals surface area contributed by atoms with Crippen LogP contribution in [0.2, 0.25) is 0 Å². The molecule has 0 aromatic heterocycles. The molecular formula is C22H20BrNO3. The molecule has 3 rings (SSSR count). The van der Waals surface area contributed by atoms with Crippen LogP contribution < -0.4 is 10.1 Å². The average molecular weight is 426 g/mol. The van der Waals surface area contributed by atoms with Crippen molar-refractivity contribution in [3.63, 3.8) is 0 Å². The molecule has 0 bridgehead atoms. The van der Waals surface area contributed by atoms with Crippen molar-refractivity contribution in [1.82, 2.24) is 0 Å². The van der Waals surface area contributed by atoms with Crippen LogP contribution in [0.1, 0.15) is 34.5 Å². The Morgan fingerprint density at radius 1 is 1.07 bits per heavy atom. The van der Waals surface area contributed by atoms with Crippen LogP contribution in [0.5, 0.6) is 5.75 Å². The van der Waals surface area contributed by atoms with Crippen LogP contribution in [0.3, 0.4) is 0 Å². The van der Waals surface area contributed by atoms with Gasteiger partial charge in [-0.2, -0.15) is 0 Å². The molecule has 27 heavy (non-hydrogen) atoms. The van der Waals surface area contributed by atoms with Gasteiger partial charge in [0.05, 0.1) is 11.3 Å². The molecule has 0 saturated carbocycles. The molecule has 0 aliphatic heterocycles. The summed E-state index contributed by atoms with van der Waals surface area (Å²) in [4.78, 5) is 11.0. The van der Waals surface area contributed by atoms with E-state index in [2.05, 4.69) is 21.2 Å². The average Bonchev–Trinajstić information content (AvgIpc) is 2.68. The van der Waals surface area contributed by atoms with Gasteiger partial charge in [0.25, 0.3) is 0 Å². The SMILES string of the molecule is CC(Nc1cc(Br)ccc1OCc1ccccc1)c1ccc(C(=O)O)cc1. The number of ether oxygens (including phenoxy) is 1. The Kier molecular flexibility index (Phi) is 6.14. The van der Waals surface area contributed by atoms with Crippen molar-refractivity contribution in [1.29, 1.82) is 0 Å². The summed E-state index contributed by atoms with van der Waals surface area (Å²) in [7, 11) is 0. The molecule has 0 fully saturated rings. The van der Waals surface area contributed by atoms with Crippen LogP contribution in [0.4, 0.5) is 5.69 Å². The lowest BCUT2D eigenvalue weighted by Crippen LogP contribution is -2.09. The maximum absolute atomic E-state index is 11.0. The van der Waals surface area contributed by atoms with E-state index in [0.717, 1.165) is 27.0 Å². The zero-order chi connectivity index (χ0) is 19.2. The standard InChI is InChI=1S/C22H20BrNO3/c1-15(17-7-9-18(10-8-17)22(25)26)24-20-13-19(23)11-12-21(20)27-14-16-5-3-2-4-6-16/h2-13,15,24H,14H2,1H3,(H,25,26). The van der Waals surface area contributed by atoms with Gasteiger partial charge in [-0.1, -0.05) is 58.4 Å². The van der Waals surface area contributed by atoms with Crippen molar-refractivity contribution in [2.45, 2.75) is 19.6 Å². The molecule has 1 unspecified atom stereocenters. The summed E-state index contributed by atoms with van der Waals surface area (Å²) in [6, 6.07) is 22.7. The highest BCUT2D eigenvalue weighted by atomic mass is 79.9. The third kappa shape index (κ3) is 5.11. The minimum absolute atomic E-state index is 0.0128. The number of carboxylic acid groups (broad SMARTS) is 1. The summed E-state index contributed by atoms with van der Waals surface area (Å²) >= 11 is 3.50. The maximum atomic E-state index is 11.0. The van der Waals surface area contributed by atoms with E-state index in [1.165, 1.54) is 0 Å². The topological polar surface area (TPSA) is 58.6 Å². The third-order valence-electron chi connectivity index (χ3n) is 4.21. The normalized spacial score (nSPS) is 11.6. The molecule has 3 aromatic carbocycles. The number of carbonyl (C=O) groups is 1. The van der Waals surface area contributed by atoms with Gasteiger partial charge in [0.1, 0.15) is 12.4 Å². The summed E-state index contributed by atoms with van der Waals surface area (Å²) < 4.78 is 6.95. The number of rotatable bonds is 7. The minimum atomic E-state index is -0.925. The summed E-state index contributed by atoms with van der Waals surface area (Å²) in [5, 5.41) is 12.5. The Labute approximate surface area is 166 Å². The molecule has 5 heteroatoms. The quantitative estimate of drug-likeness (QED) is 0.494. The smallest absolute Gasteiger partial charge is 0.335 e. The van der Waals surface area contributed by atoms with Gasteiger partial charge < -0.3 is 15.2 Å². The monoisotopic (exact) mass is 425 g/mol. The Morgan fingerprint density at radius 2 is 1.78 bits per heavy atom. The zero-order valence-electron chi connectivity index (χ0n) is 14.9. The van der Waals surface area contributed by atoms with E-state index in [4.69, 9.17) is 9.84 Å². The van der Waals surface area contributed by atoms with E-state index >= 15 is 0 Å². The van der Waals surface area contributed by atoms with Crippen molar-refractivity contribution in [2.75, 3.05) is 5.32 Å². The maximum Gasteiger partial charge on any atom is 0.335 e. The number of nitrogens with one attached hydrogen (secondary N) is 1. The van der Waals surface area contributed by atoms with Crippen LogP contribution in [-0.2, 0) is 6.61 Å². The predicted octanol–water partition coefficient (Wildman–Crippen LogP) is 5.90. The first-order valence-electron chi connectivity index (χ1n) is 8.59. The second-order valence-electron chi connectivity index (χ2n) is 6.21. The molecule has 4 nitrogen and oxygen atoms in total. The molecule has 1 atom stereocenters. The van der Waals surface area contributed by atoms with Gasteiger partial charge >= 0.3 is 5.97 Å². The molecule has 0 heterocycles. The highest BCUT2D eigenvalue weighted by molar-refractivity contribution is 9.10. The number of aromatic carboxylic acids is 1. The molecular weight excluding hydrogens is 406 g/mol. The van der Waals surface area contributed by atoms with Crippen LogP contribution in [0.15, 0.2) is 77.3 Å². The summed E-state index contributed by atoms with van der Waals surface area (Å²) in [5.41, 5.74) is 3.24. The molecule has 0 spiro atoms. The zero-order valence-corrected chi connectivity index (χ0v) is 16.4. The van der Waals surface area contributed by atoms with E-state index < -0.39 is 5.97 Å². The minimum Gasteiger partial charge on any atom is -0.487 e. The number of carboxylic acids is 1. The molecule has 0 aliphatic rings. The van der Waals surface area contributed by atoms with E-state index in [0.29, 0.717) is 6.61 Å². The molecule has 0 amide bonds. The fourth-order valence-electron chi connectivity index (χ4n) is 2.71. The van der Waals surface area contributed by atoms with Crippen molar-refractivity contribution in [2.24, 2.45) is 0 Å². The van der Waals surface area contributed by atoms with Crippen LogP contribution in [0.25, 0.3) is 0 Å². The number of hydrogen-bond donors (Lipinski definition) is 2. The Morgan fingerprint density at radius 3 is 2.44 bits per heavy atom. The van der Waals surface area contributed by atoms with E-state index in [1.54, 1.807) is 12.1 Å². The summed E-state index contributed by atoms with van der Waals surface area (Å²) in [5.74, 6) is -0.165. The van der Waals surface area contributed by atoms with Gasteiger partial charge in [0.15, 0.2) is 0 Å². The van der Waals surface area contributed by atoms with Gasteiger partial charge in [-0.25, -0.2) is 4.79 Å². The third-order valence-corrected chi connectivity index (χ3v) is 4.70. The molecule has 0 aliphatic carbocycles. The summed E-state index contributed by atoms with van der Waals surface area (Å²) in [6.45, 7) is 2.51. The summed E-state index contributed by atoms with van der Waals surface area (Å²) in [6.07, 6.45) is 0. The largest absolute Gasteiger partial charge is 0.487 e. The molecule has 0 radical (unpaired) electrons. The lowest BCUT2D eigenvalue weighted by atomic mass is 10.1. The fourth-order valence-corrected chi connectivity index (χ4v) is 3.07. The molecule has 138 valence electrons. The van der Waals surface area contributed by atoms with Gasteiger partial charge in [0.2, 0.25) is 0 Å². The first-order chi connectivity index (χ1) is 13.0. The van der Waals surface area contributed by atoms with E-state index in [1.807, 2.05) is 67.6 Å². The van der Waals surface area contributed by atoms with Crippen molar-refractivity contribution < 1.29 is 14.6 Å². The van der Waals surface area contributed by atoms with Gasteiger partial charge in [-0.3, -0.25) is 0 Å². The Bertz CT molecular complexity index is 911. The number of hydrogen-bond acceptors (Lipinski definition) is 3. The van der Waals surface area contributed by atoms with Gasteiger partial charge in [-0.15, -0.1) is 0 Å². The van der Waals surface area contributed by atoms with Crippen LogP contribution in [0, 0.1) is 0 Å². The van der Waals surface area contributed by atoms with Crippen LogP contribution in [-0.4, -0.2) is 11.1 Å². The number of halogens is 1. The predicted molar refractivity (Wildman–Crippen MR) is 110 cm³/mol. The van der Waals surface area contributed by atoms with Crippen molar-refractivity contribution in [3.05, 3.63) is 94.0 Å². The first-order valence-corrected chi connectivity index (χ1v) is 9.38. The van der Waals surface area contributed by atoms with E-state index in [9.17, 15) is 4.79 Å². The molecule has 2 N–H and O–H groups in total. The molecule has 3 aromatic rings. The number of anilines is 1. The van der Waals surface area contributed by atoms with Crippen molar-refractivity contribution >= 4 is 27.6 Å². The number of benzene rings is 3. The first kappa shape index (κ1) is 19.0. The Hall–Kier alpha value is -2.79. The van der Waals surface area contributed by atoms with Gasteiger partial charge in [-0.05, 0) is 48.4 Å². The highest BCUT2D eigenvalue weighted by Gasteiger charge is 2.11.